The van der Waals surface area contributed by atoms with E-state index in [9.17, 15) is 4.79 Å². The first-order valence-corrected chi connectivity index (χ1v) is 8.66. The van der Waals surface area contributed by atoms with Crippen molar-refractivity contribution in [3.05, 3.63) is 69.8 Å². The van der Waals surface area contributed by atoms with Gasteiger partial charge in [0, 0.05) is 6.42 Å². The third-order valence-corrected chi connectivity index (χ3v) is 5.37. The van der Waals surface area contributed by atoms with Crippen LogP contribution in [0.3, 0.4) is 0 Å². The highest BCUT2D eigenvalue weighted by Crippen LogP contribution is 2.35. The molecule has 2 aromatic carbocycles. The number of nitrogens with zero attached hydrogens (tertiary/aromatic N) is 2. The first-order chi connectivity index (χ1) is 11.8. The molecule has 4 nitrogen and oxygen atoms in total. The molecule has 24 heavy (non-hydrogen) atoms. The lowest BCUT2D eigenvalue weighted by Gasteiger charge is -2.25. The van der Waals surface area contributed by atoms with Crippen molar-refractivity contribution in [1.82, 2.24) is 14.9 Å². The fourth-order valence-electron chi connectivity index (χ4n) is 4.23. The fraction of sp³-hybridized carbons (Fsp3) is 0.300. The van der Waals surface area contributed by atoms with Gasteiger partial charge >= 0.3 is 0 Å². The Labute approximate surface area is 140 Å². The number of benzene rings is 2. The van der Waals surface area contributed by atoms with Crippen LogP contribution in [-0.4, -0.2) is 22.6 Å². The number of hydrogen-bond donors (Lipinski definition) is 1. The number of hydrogen-bond acceptors (Lipinski definition) is 3. The maximum Gasteiger partial charge on any atom is 0.280 e. The minimum atomic E-state index is -0.0974. The molecule has 120 valence electrons. The second-order valence-corrected chi connectivity index (χ2v) is 6.74. The van der Waals surface area contributed by atoms with E-state index in [0.29, 0.717) is 5.92 Å². The molecule has 1 saturated heterocycles. The average Bonchev–Trinajstić information content (AvgIpc) is 3.00. The zero-order valence-corrected chi connectivity index (χ0v) is 13.5. The molecular weight excluding hydrogens is 298 g/mol. The van der Waals surface area contributed by atoms with Gasteiger partial charge < -0.3 is 5.32 Å². The fourth-order valence-corrected chi connectivity index (χ4v) is 4.23. The van der Waals surface area contributed by atoms with Crippen molar-refractivity contribution >= 4 is 10.9 Å². The smallest absolute Gasteiger partial charge is 0.280 e. The Morgan fingerprint density at radius 2 is 1.88 bits per heavy atom. The van der Waals surface area contributed by atoms with Gasteiger partial charge in [0.25, 0.3) is 5.56 Å². The van der Waals surface area contributed by atoms with E-state index in [1.54, 1.807) is 0 Å². The largest absolute Gasteiger partial charge is 0.317 e. The molecule has 1 fully saturated rings. The van der Waals surface area contributed by atoms with E-state index in [4.69, 9.17) is 0 Å². The topological polar surface area (TPSA) is 46.9 Å². The second kappa shape index (κ2) is 5.28. The summed E-state index contributed by atoms with van der Waals surface area (Å²) in [6.45, 7) is 2.08. The third-order valence-electron chi connectivity index (χ3n) is 5.37. The predicted octanol–water partition coefficient (Wildman–Crippen LogP) is 2.76. The molecular formula is C20H19N3O. The molecule has 0 radical (unpaired) electrons. The second-order valence-electron chi connectivity index (χ2n) is 6.74. The van der Waals surface area contributed by atoms with Crippen LogP contribution >= 0.6 is 0 Å². The lowest BCUT2D eigenvalue weighted by Crippen LogP contribution is -2.27. The summed E-state index contributed by atoms with van der Waals surface area (Å²) in [6, 6.07) is 14.5. The molecule has 0 amide bonds. The Morgan fingerprint density at radius 3 is 2.75 bits per heavy atom. The molecule has 1 N–H and O–H groups in total. The zero-order valence-electron chi connectivity index (χ0n) is 13.5. The van der Waals surface area contributed by atoms with Gasteiger partial charge in [-0.25, -0.2) is 0 Å². The van der Waals surface area contributed by atoms with Crippen LogP contribution in [0.25, 0.3) is 16.6 Å². The van der Waals surface area contributed by atoms with E-state index in [2.05, 4.69) is 45.2 Å². The Bertz CT molecular complexity index is 999. The molecule has 2 aliphatic rings. The number of fused-ring (bicyclic) bond motifs is 5. The number of para-hydroxylation sites is 2. The lowest BCUT2D eigenvalue weighted by atomic mass is 9.88. The monoisotopic (exact) mass is 317 g/mol. The molecule has 5 rings (SSSR count). The molecule has 0 bridgehead atoms. The van der Waals surface area contributed by atoms with E-state index in [-0.39, 0.29) is 5.56 Å². The molecule has 0 aliphatic carbocycles. The van der Waals surface area contributed by atoms with Gasteiger partial charge in [-0.15, -0.1) is 0 Å². The lowest BCUT2D eigenvalue weighted by molar-refractivity contribution is 0.461. The van der Waals surface area contributed by atoms with Crippen LogP contribution in [0.15, 0.2) is 47.3 Å². The summed E-state index contributed by atoms with van der Waals surface area (Å²) in [5, 5.41) is 4.17. The van der Waals surface area contributed by atoms with Crippen molar-refractivity contribution in [3.8, 4) is 5.69 Å². The van der Waals surface area contributed by atoms with Crippen molar-refractivity contribution in [1.29, 1.82) is 0 Å². The maximum atomic E-state index is 12.6. The van der Waals surface area contributed by atoms with E-state index in [1.807, 2.05) is 12.1 Å². The summed E-state index contributed by atoms with van der Waals surface area (Å²) in [5.41, 5.74) is 4.69. The first kappa shape index (κ1) is 13.9. The predicted molar refractivity (Wildman–Crippen MR) is 95.0 cm³/mol. The Kier molecular flexibility index (Phi) is 3.06. The van der Waals surface area contributed by atoms with Gasteiger partial charge in [0.05, 0.1) is 16.6 Å². The highest BCUT2D eigenvalue weighted by atomic mass is 16.1. The molecule has 2 aliphatic heterocycles. The van der Waals surface area contributed by atoms with Crippen LogP contribution in [0.2, 0.25) is 0 Å². The van der Waals surface area contributed by atoms with Crippen molar-refractivity contribution in [3.63, 3.8) is 0 Å². The van der Waals surface area contributed by atoms with E-state index >= 15 is 0 Å². The Hall–Kier alpha value is -2.46. The normalized spacial score (nSPS) is 17.0. The van der Waals surface area contributed by atoms with Gasteiger partial charge in [0.1, 0.15) is 5.82 Å². The molecule has 0 unspecified atom stereocenters. The molecule has 0 saturated carbocycles. The molecule has 3 heterocycles. The third kappa shape index (κ3) is 1.96. The van der Waals surface area contributed by atoms with Crippen LogP contribution in [0.5, 0.6) is 0 Å². The van der Waals surface area contributed by atoms with Gasteiger partial charge in [0.15, 0.2) is 0 Å². The SMILES string of the molecule is O=c1nc2n(c3c(C4CCNCC4)cccc13)-c1ccccc1C2. The minimum absolute atomic E-state index is 0.0974. The van der Waals surface area contributed by atoms with E-state index in [1.165, 1.54) is 16.8 Å². The van der Waals surface area contributed by atoms with Crippen LogP contribution < -0.4 is 10.9 Å². The van der Waals surface area contributed by atoms with Crippen molar-refractivity contribution < 1.29 is 0 Å². The molecule has 1 aromatic heterocycles. The molecule has 0 spiro atoms. The zero-order chi connectivity index (χ0) is 16.1. The quantitative estimate of drug-likeness (QED) is 0.587. The van der Waals surface area contributed by atoms with Gasteiger partial charge in [-0.3, -0.25) is 9.36 Å². The van der Waals surface area contributed by atoms with Gasteiger partial charge in [0.2, 0.25) is 0 Å². The highest BCUT2D eigenvalue weighted by Gasteiger charge is 2.25. The van der Waals surface area contributed by atoms with Crippen LogP contribution in [0.1, 0.15) is 35.7 Å². The molecule has 4 heteroatoms. The standard InChI is InChI=1S/C20H19N3O/c24-20-16-6-3-5-15(13-8-10-21-11-9-13)19(16)23-17-7-2-1-4-14(17)12-18(23)22-20/h1-7,13,21H,8-12H2. The average molecular weight is 317 g/mol. The van der Waals surface area contributed by atoms with Gasteiger partial charge in [-0.2, -0.15) is 4.98 Å². The summed E-state index contributed by atoms with van der Waals surface area (Å²) in [6.07, 6.45) is 2.97. The van der Waals surface area contributed by atoms with E-state index < -0.39 is 0 Å². The van der Waals surface area contributed by atoms with Crippen LogP contribution in [0, 0.1) is 0 Å². The molecule has 0 atom stereocenters. The summed E-state index contributed by atoms with van der Waals surface area (Å²) in [4.78, 5) is 17.0. The van der Waals surface area contributed by atoms with E-state index in [0.717, 1.165) is 49.1 Å². The van der Waals surface area contributed by atoms with Gasteiger partial charge in [-0.1, -0.05) is 30.3 Å². The Balaban J connectivity index is 1.86. The minimum Gasteiger partial charge on any atom is -0.317 e. The summed E-state index contributed by atoms with van der Waals surface area (Å²) in [5.74, 6) is 1.37. The Morgan fingerprint density at radius 1 is 1.04 bits per heavy atom. The number of piperidine rings is 1. The summed E-state index contributed by atoms with van der Waals surface area (Å²) >= 11 is 0. The summed E-state index contributed by atoms with van der Waals surface area (Å²) in [7, 11) is 0. The van der Waals surface area contributed by atoms with Crippen LogP contribution in [-0.2, 0) is 6.42 Å². The maximum absolute atomic E-state index is 12.6. The number of aromatic nitrogens is 2. The number of rotatable bonds is 1. The van der Waals surface area contributed by atoms with Crippen molar-refractivity contribution in [2.45, 2.75) is 25.2 Å². The van der Waals surface area contributed by atoms with Crippen molar-refractivity contribution in [2.75, 3.05) is 13.1 Å². The van der Waals surface area contributed by atoms with Crippen molar-refractivity contribution in [2.24, 2.45) is 0 Å². The number of nitrogens with one attached hydrogen (secondary N) is 1. The first-order valence-electron chi connectivity index (χ1n) is 8.66. The van der Waals surface area contributed by atoms with Crippen LogP contribution in [0.4, 0.5) is 0 Å². The molecule has 3 aromatic rings. The van der Waals surface area contributed by atoms with Gasteiger partial charge in [-0.05, 0) is 55.1 Å². The summed E-state index contributed by atoms with van der Waals surface area (Å²) < 4.78 is 2.23. The highest BCUT2D eigenvalue weighted by molar-refractivity contribution is 5.85.